The molecule has 0 aromatic rings. The van der Waals surface area contributed by atoms with E-state index in [1.807, 2.05) is 19.9 Å². The standard InChI is InChI=1S/C9H15ClO/c1-4-8(3)9(11)5-7(2)6-10/h4,9,11H,2,5-6H2,1,3H3/b8-4+/t9-/m0/s1. The molecule has 0 saturated heterocycles. The molecule has 0 aliphatic rings. The molecule has 0 aromatic carbocycles. The number of hydrogen-bond donors (Lipinski definition) is 1. The van der Waals surface area contributed by atoms with E-state index in [1.54, 1.807) is 0 Å². The Hall–Kier alpha value is -0.270. The SMILES string of the molecule is C=C(CCl)C[C@H](O)/C(C)=C/C. The van der Waals surface area contributed by atoms with Gasteiger partial charge in [0.1, 0.15) is 0 Å². The molecular weight excluding hydrogens is 160 g/mol. The summed E-state index contributed by atoms with van der Waals surface area (Å²) >= 11 is 5.51. The summed E-state index contributed by atoms with van der Waals surface area (Å²) in [6.45, 7) is 7.51. The van der Waals surface area contributed by atoms with Crippen LogP contribution in [0.4, 0.5) is 0 Å². The first-order valence-corrected chi connectivity index (χ1v) is 4.18. The number of rotatable bonds is 4. The van der Waals surface area contributed by atoms with Gasteiger partial charge >= 0.3 is 0 Å². The van der Waals surface area contributed by atoms with Crippen molar-refractivity contribution in [1.29, 1.82) is 0 Å². The minimum atomic E-state index is -0.411. The fourth-order valence-corrected chi connectivity index (χ4v) is 0.790. The van der Waals surface area contributed by atoms with Gasteiger partial charge in [-0.25, -0.2) is 0 Å². The van der Waals surface area contributed by atoms with Gasteiger partial charge in [0.2, 0.25) is 0 Å². The summed E-state index contributed by atoms with van der Waals surface area (Å²) in [4.78, 5) is 0. The van der Waals surface area contributed by atoms with Crippen LogP contribution in [0.2, 0.25) is 0 Å². The van der Waals surface area contributed by atoms with Crippen molar-refractivity contribution < 1.29 is 5.11 Å². The number of aliphatic hydroxyl groups is 1. The average Bonchev–Trinajstić information content (AvgIpc) is 2.02. The predicted molar refractivity (Wildman–Crippen MR) is 49.9 cm³/mol. The third-order valence-electron chi connectivity index (χ3n) is 1.65. The van der Waals surface area contributed by atoms with Crippen LogP contribution in [-0.2, 0) is 0 Å². The first-order chi connectivity index (χ1) is 5.11. The Morgan fingerprint density at radius 2 is 2.27 bits per heavy atom. The van der Waals surface area contributed by atoms with E-state index in [2.05, 4.69) is 6.58 Å². The Balaban J connectivity index is 3.87. The summed E-state index contributed by atoms with van der Waals surface area (Å²) < 4.78 is 0. The average molecular weight is 175 g/mol. The van der Waals surface area contributed by atoms with Gasteiger partial charge in [-0.2, -0.15) is 0 Å². The van der Waals surface area contributed by atoms with Crippen LogP contribution in [0.3, 0.4) is 0 Å². The molecule has 1 nitrogen and oxygen atoms in total. The fraction of sp³-hybridized carbons (Fsp3) is 0.556. The van der Waals surface area contributed by atoms with E-state index in [0.29, 0.717) is 12.3 Å². The van der Waals surface area contributed by atoms with Gasteiger partial charge in [-0.15, -0.1) is 11.6 Å². The molecule has 1 N–H and O–H groups in total. The molecule has 0 heterocycles. The number of aliphatic hydroxyl groups excluding tert-OH is 1. The van der Waals surface area contributed by atoms with Gasteiger partial charge in [-0.05, 0) is 25.8 Å². The smallest absolute Gasteiger partial charge is 0.0784 e. The van der Waals surface area contributed by atoms with Crippen LogP contribution in [0.5, 0.6) is 0 Å². The first-order valence-electron chi connectivity index (χ1n) is 3.65. The van der Waals surface area contributed by atoms with Crippen LogP contribution in [0.1, 0.15) is 20.3 Å². The Kier molecular flexibility index (Phi) is 5.26. The summed E-state index contributed by atoms with van der Waals surface area (Å²) in [6, 6.07) is 0. The normalized spacial score (nSPS) is 14.7. The summed E-state index contributed by atoms with van der Waals surface area (Å²) in [5.74, 6) is 0.425. The lowest BCUT2D eigenvalue weighted by Crippen LogP contribution is -2.09. The lowest BCUT2D eigenvalue weighted by Gasteiger charge is -2.10. The quantitative estimate of drug-likeness (QED) is 0.513. The van der Waals surface area contributed by atoms with Crippen molar-refractivity contribution in [1.82, 2.24) is 0 Å². The second-order valence-electron chi connectivity index (χ2n) is 2.64. The van der Waals surface area contributed by atoms with Gasteiger partial charge in [-0.1, -0.05) is 18.2 Å². The maximum absolute atomic E-state index is 9.43. The Morgan fingerprint density at radius 3 is 2.64 bits per heavy atom. The van der Waals surface area contributed by atoms with Crippen molar-refractivity contribution in [2.24, 2.45) is 0 Å². The molecule has 0 amide bonds. The highest BCUT2D eigenvalue weighted by atomic mass is 35.5. The summed E-state index contributed by atoms with van der Waals surface area (Å²) in [5.41, 5.74) is 1.84. The molecule has 0 bridgehead atoms. The minimum absolute atomic E-state index is 0.411. The Labute approximate surface area is 73.4 Å². The minimum Gasteiger partial charge on any atom is -0.388 e. The summed E-state index contributed by atoms with van der Waals surface area (Å²) in [5, 5.41) is 9.43. The van der Waals surface area contributed by atoms with Crippen molar-refractivity contribution in [3.05, 3.63) is 23.8 Å². The molecule has 64 valence electrons. The number of alkyl halides is 1. The molecule has 0 rings (SSSR count). The summed E-state index contributed by atoms with van der Waals surface area (Å²) in [6.07, 6.45) is 2.05. The van der Waals surface area contributed by atoms with E-state index in [4.69, 9.17) is 11.6 Å². The molecule has 11 heavy (non-hydrogen) atoms. The highest BCUT2D eigenvalue weighted by Crippen LogP contribution is 2.11. The monoisotopic (exact) mass is 174 g/mol. The molecule has 0 saturated carbocycles. The highest BCUT2D eigenvalue weighted by molar-refractivity contribution is 6.19. The molecule has 0 aliphatic heterocycles. The lowest BCUT2D eigenvalue weighted by molar-refractivity contribution is 0.211. The first kappa shape index (κ1) is 10.7. The largest absolute Gasteiger partial charge is 0.388 e. The van der Waals surface area contributed by atoms with Crippen LogP contribution in [0, 0.1) is 0 Å². The van der Waals surface area contributed by atoms with E-state index in [1.165, 1.54) is 0 Å². The molecule has 0 fully saturated rings. The van der Waals surface area contributed by atoms with Crippen molar-refractivity contribution in [3.8, 4) is 0 Å². The molecule has 0 aliphatic carbocycles. The van der Waals surface area contributed by atoms with Gasteiger partial charge in [0.15, 0.2) is 0 Å². The molecular formula is C9H15ClO. The lowest BCUT2D eigenvalue weighted by atomic mass is 10.0. The van der Waals surface area contributed by atoms with Crippen LogP contribution in [0.15, 0.2) is 23.8 Å². The maximum Gasteiger partial charge on any atom is 0.0784 e. The zero-order valence-corrected chi connectivity index (χ0v) is 7.86. The van der Waals surface area contributed by atoms with Crippen molar-refractivity contribution in [3.63, 3.8) is 0 Å². The van der Waals surface area contributed by atoms with E-state index >= 15 is 0 Å². The van der Waals surface area contributed by atoms with Crippen LogP contribution in [0.25, 0.3) is 0 Å². The van der Waals surface area contributed by atoms with E-state index < -0.39 is 6.10 Å². The number of allylic oxidation sites excluding steroid dienone is 1. The zero-order valence-electron chi connectivity index (χ0n) is 7.10. The van der Waals surface area contributed by atoms with E-state index in [0.717, 1.165) is 11.1 Å². The predicted octanol–water partition coefficient (Wildman–Crippen LogP) is 2.50. The van der Waals surface area contributed by atoms with Crippen molar-refractivity contribution >= 4 is 11.6 Å². The van der Waals surface area contributed by atoms with Gasteiger partial charge in [0.25, 0.3) is 0 Å². The van der Waals surface area contributed by atoms with Crippen LogP contribution >= 0.6 is 11.6 Å². The fourth-order valence-electron chi connectivity index (χ4n) is 0.681. The molecule has 0 spiro atoms. The van der Waals surface area contributed by atoms with E-state index in [9.17, 15) is 5.11 Å². The third kappa shape index (κ3) is 4.23. The molecule has 2 heteroatoms. The van der Waals surface area contributed by atoms with Gasteiger partial charge in [0, 0.05) is 5.88 Å². The molecule has 0 aromatic heterocycles. The Bertz CT molecular complexity index is 161. The number of halogens is 1. The van der Waals surface area contributed by atoms with Crippen molar-refractivity contribution in [2.75, 3.05) is 5.88 Å². The van der Waals surface area contributed by atoms with E-state index in [-0.39, 0.29) is 0 Å². The van der Waals surface area contributed by atoms with Gasteiger partial charge in [0.05, 0.1) is 6.10 Å². The van der Waals surface area contributed by atoms with Crippen LogP contribution < -0.4 is 0 Å². The van der Waals surface area contributed by atoms with Gasteiger partial charge in [-0.3, -0.25) is 0 Å². The maximum atomic E-state index is 9.43. The number of hydrogen-bond acceptors (Lipinski definition) is 1. The zero-order chi connectivity index (χ0) is 8.85. The second-order valence-corrected chi connectivity index (χ2v) is 2.90. The third-order valence-corrected chi connectivity index (χ3v) is 2.03. The van der Waals surface area contributed by atoms with Gasteiger partial charge < -0.3 is 5.11 Å². The second kappa shape index (κ2) is 5.39. The molecule has 0 unspecified atom stereocenters. The topological polar surface area (TPSA) is 20.2 Å². The highest BCUT2D eigenvalue weighted by Gasteiger charge is 2.06. The summed E-state index contributed by atoms with van der Waals surface area (Å²) in [7, 11) is 0. The van der Waals surface area contributed by atoms with Crippen LogP contribution in [-0.4, -0.2) is 17.1 Å². The Morgan fingerprint density at radius 1 is 1.73 bits per heavy atom. The van der Waals surface area contributed by atoms with Crippen molar-refractivity contribution in [2.45, 2.75) is 26.4 Å². The molecule has 1 atom stereocenters. The molecule has 0 radical (unpaired) electrons.